The minimum Gasteiger partial charge on any atom is -0.341 e. The summed E-state index contributed by atoms with van der Waals surface area (Å²) in [5.41, 5.74) is 1.59. The molecule has 0 fully saturated rings. The smallest absolute Gasteiger partial charge is 0.166 e. The molecule has 0 saturated heterocycles. The first-order chi connectivity index (χ1) is 7.31. The number of aldehydes is 1. The summed E-state index contributed by atoms with van der Waals surface area (Å²) in [5.74, 6) is 0. The molecule has 2 aromatic heterocycles. The fourth-order valence-electron chi connectivity index (χ4n) is 1.39. The van der Waals surface area contributed by atoms with Crippen LogP contribution in [0.1, 0.15) is 16.1 Å². The first kappa shape index (κ1) is 9.93. The van der Waals surface area contributed by atoms with Gasteiger partial charge in [-0.05, 0) is 23.8 Å². The second-order valence-corrected chi connectivity index (χ2v) is 3.55. The van der Waals surface area contributed by atoms with E-state index in [1.807, 2.05) is 22.9 Å². The highest BCUT2D eigenvalue weighted by molar-refractivity contribution is 6.31. The summed E-state index contributed by atoms with van der Waals surface area (Å²) in [5, 5.41) is 0.614. The molecule has 2 rings (SSSR count). The Bertz CT molecular complexity index is 479. The molecule has 0 N–H and O–H groups in total. The van der Waals surface area contributed by atoms with Gasteiger partial charge in [-0.2, -0.15) is 0 Å². The van der Waals surface area contributed by atoms with Gasteiger partial charge in [-0.1, -0.05) is 11.6 Å². The van der Waals surface area contributed by atoms with Gasteiger partial charge in [0, 0.05) is 25.1 Å². The summed E-state index contributed by atoms with van der Waals surface area (Å²) >= 11 is 5.97. The number of nitrogens with zero attached hydrogens (tertiary/aromatic N) is 2. The van der Waals surface area contributed by atoms with Gasteiger partial charge in [0.1, 0.15) is 0 Å². The monoisotopic (exact) mass is 220 g/mol. The summed E-state index contributed by atoms with van der Waals surface area (Å²) in [6.07, 6.45) is 5.96. The number of carbonyl (C=O) groups excluding carboxylic acids is 1. The highest BCUT2D eigenvalue weighted by atomic mass is 35.5. The standard InChI is InChI=1S/C11H9ClN2O/c12-11-6-13-4-3-9(11)7-14-5-1-2-10(14)8-15/h1-6,8H,7H2. The van der Waals surface area contributed by atoms with Crippen LogP contribution in [0.5, 0.6) is 0 Å². The Balaban J connectivity index is 2.29. The number of hydrogen-bond acceptors (Lipinski definition) is 2. The van der Waals surface area contributed by atoms with Gasteiger partial charge < -0.3 is 4.57 Å². The van der Waals surface area contributed by atoms with E-state index in [1.54, 1.807) is 18.5 Å². The van der Waals surface area contributed by atoms with Crippen LogP contribution in [0, 0.1) is 0 Å². The molecule has 2 heterocycles. The number of hydrogen-bond donors (Lipinski definition) is 0. The SMILES string of the molecule is O=Cc1cccn1Cc1ccncc1Cl. The second-order valence-electron chi connectivity index (χ2n) is 3.15. The van der Waals surface area contributed by atoms with Crippen LogP contribution in [0.2, 0.25) is 5.02 Å². The predicted molar refractivity (Wildman–Crippen MR) is 58.2 cm³/mol. The van der Waals surface area contributed by atoms with Crippen LogP contribution < -0.4 is 0 Å². The lowest BCUT2D eigenvalue weighted by Gasteiger charge is -2.06. The van der Waals surface area contributed by atoms with Crippen molar-refractivity contribution < 1.29 is 4.79 Å². The second kappa shape index (κ2) is 4.28. The average Bonchev–Trinajstić information content (AvgIpc) is 2.69. The van der Waals surface area contributed by atoms with Crippen LogP contribution in [0.15, 0.2) is 36.8 Å². The molecule has 0 unspecified atom stereocenters. The summed E-state index contributed by atoms with van der Waals surface area (Å²) in [6, 6.07) is 5.44. The van der Waals surface area contributed by atoms with Gasteiger partial charge in [0.15, 0.2) is 6.29 Å². The van der Waals surface area contributed by atoms with E-state index in [1.165, 1.54) is 0 Å². The topological polar surface area (TPSA) is 34.9 Å². The molecule has 0 spiro atoms. The lowest BCUT2D eigenvalue weighted by molar-refractivity contribution is 0.111. The molecule has 0 amide bonds. The van der Waals surface area contributed by atoms with E-state index in [0.29, 0.717) is 17.3 Å². The molecule has 0 aliphatic carbocycles. The molecule has 0 bridgehead atoms. The maximum absolute atomic E-state index is 10.7. The lowest BCUT2D eigenvalue weighted by atomic mass is 10.2. The molecule has 0 saturated carbocycles. The summed E-state index contributed by atoms with van der Waals surface area (Å²) in [7, 11) is 0. The van der Waals surface area contributed by atoms with E-state index < -0.39 is 0 Å². The van der Waals surface area contributed by atoms with E-state index >= 15 is 0 Å². The highest BCUT2D eigenvalue weighted by Gasteiger charge is 2.03. The minimum absolute atomic E-state index is 0.586. The third kappa shape index (κ3) is 2.07. The summed E-state index contributed by atoms with van der Waals surface area (Å²) < 4.78 is 1.84. The fourth-order valence-corrected chi connectivity index (χ4v) is 1.57. The molecular formula is C11H9ClN2O. The summed E-state index contributed by atoms with van der Waals surface area (Å²) in [4.78, 5) is 14.6. The van der Waals surface area contributed by atoms with Crippen molar-refractivity contribution in [2.75, 3.05) is 0 Å². The molecule has 4 heteroatoms. The first-order valence-electron chi connectivity index (χ1n) is 4.50. The van der Waals surface area contributed by atoms with Crippen molar-refractivity contribution in [3.05, 3.63) is 53.1 Å². The van der Waals surface area contributed by atoms with E-state index in [0.717, 1.165) is 11.8 Å². The van der Waals surface area contributed by atoms with Gasteiger partial charge in [-0.25, -0.2) is 0 Å². The highest BCUT2D eigenvalue weighted by Crippen LogP contribution is 2.15. The third-order valence-corrected chi connectivity index (χ3v) is 2.52. The van der Waals surface area contributed by atoms with Crippen LogP contribution in [-0.2, 0) is 6.54 Å². The van der Waals surface area contributed by atoms with Crippen LogP contribution >= 0.6 is 11.6 Å². The van der Waals surface area contributed by atoms with Gasteiger partial charge in [0.25, 0.3) is 0 Å². The van der Waals surface area contributed by atoms with Crippen molar-refractivity contribution in [1.82, 2.24) is 9.55 Å². The molecular weight excluding hydrogens is 212 g/mol. The molecule has 0 aliphatic rings. The number of carbonyl (C=O) groups is 1. The first-order valence-corrected chi connectivity index (χ1v) is 4.88. The summed E-state index contributed by atoms with van der Waals surface area (Å²) in [6.45, 7) is 0.586. The number of pyridine rings is 1. The maximum Gasteiger partial charge on any atom is 0.166 e. The van der Waals surface area contributed by atoms with E-state index in [4.69, 9.17) is 11.6 Å². The molecule has 0 atom stereocenters. The number of halogens is 1. The third-order valence-electron chi connectivity index (χ3n) is 2.18. The average molecular weight is 221 g/mol. The zero-order valence-electron chi connectivity index (χ0n) is 7.93. The molecule has 0 radical (unpaired) electrons. The molecule has 0 aromatic carbocycles. The van der Waals surface area contributed by atoms with Crippen LogP contribution in [0.25, 0.3) is 0 Å². The van der Waals surface area contributed by atoms with Crippen molar-refractivity contribution in [2.45, 2.75) is 6.54 Å². The Morgan fingerprint density at radius 1 is 1.47 bits per heavy atom. The molecule has 2 aromatic rings. The Hall–Kier alpha value is -1.61. The Morgan fingerprint density at radius 2 is 2.33 bits per heavy atom. The number of aromatic nitrogens is 2. The van der Waals surface area contributed by atoms with E-state index in [2.05, 4.69) is 4.98 Å². The largest absolute Gasteiger partial charge is 0.341 e. The van der Waals surface area contributed by atoms with Crippen molar-refractivity contribution >= 4 is 17.9 Å². The number of rotatable bonds is 3. The van der Waals surface area contributed by atoms with Gasteiger partial charge in [-0.3, -0.25) is 9.78 Å². The Kier molecular flexibility index (Phi) is 2.83. The zero-order valence-corrected chi connectivity index (χ0v) is 8.69. The quantitative estimate of drug-likeness (QED) is 0.745. The van der Waals surface area contributed by atoms with Gasteiger partial charge >= 0.3 is 0 Å². The molecule has 0 aliphatic heterocycles. The lowest BCUT2D eigenvalue weighted by Crippen LogP contribution is -2.02. The van der Waals surface area contributed by atoms with Crippen LogP contribution in [0.4, 0.5) is 0 Å². The van der Waals surface area contributed by atoms with E-state index in [9.17, 15) is 4.79 Å². The van der Waals surface area contributed by atoms with Crippen LogP contribution in [-0.4, -0.2) is 15.8 Å². The predicted octanol–water partition coefficient (Wildman–Crippen LogP) is 2.40. The minimum atomic E-state index is 0.586. The normalized spacial score (nSPS) is 10.2. The Labute approximate surface area is 92.3 Å². The van der Waals surface area contributed by atoms with Crippen molar-refractivity contribution in [3.63, 3.8) is 0 Å². The Morgan fingerprint density at radius 3 is 3.07 bits per heavy atom. The molecule has 3 nitrogen and oxygen atoms in total. The van der Waals surface area contributed by atoms with Gasteiger partial charge in [-0.15, -0.1) is 0 Å². The fraction of sp³-hybridized carbons (Fsp3) is 0.0909. The van der Waals surface area contributed by atoms with Crippen LogP contribution in [0.3, 0.4) is 0 Å². The van der Waals surface area contributed by atoms with Crippen molar-refractivity contribution in [1.29, 1.82) is 0 Å². The van der Waals surface area contributed by atoms with Crippen molar-refractivity contribution in [3.8, 4) is 0 Å². The van der Waals surface area contributed by atoms with E-state index in [-0.39, 0.29) is 0 Å². The van der Waals surface area contributed by atoms with Gasteiger partial charge in [0.05, 0.1) is 10.7 Å². The molecule has 15 heavy (non-hydrogen) atoms. The maximum atomic E-state index is 10.7. The van der Waals surface area contributed by atoms with Gasteiger partial charge in [0.2, 0.25) is 0 Å². The molecule has 76 valence electrons. The van der Waals surface area contributed by atoms with Crippen molar-refractivity contribution in [2.24, 2.45) is 0 Å². The zero-order chi connectivity index (χ0) is 10.7.